The van der Waals surface area contributed by atoms with Crippen molar-refractivity contribution in [2.24, 2.45) is 0 Å². The molecule has 4 nitrogen and oxygen atoms in total. The maximum atomic E-state index is 13.4. The van der Waals surface area contributed by atoms with Crippen LogP contribution in [-0.2, 0) is 4.74 Å². The number of carbonyl (C=O) groups excluding carboxylic acids is 1. The molecule has 1 aromatic rings. The largest absolute Gasteiger partial charge is 0.395 e. The first-order chi connectivity index (χ1) is 8.69. The molecule has 0 saturated heterocycles. The van der Waals surface area contributed by atoms with Gasteiger partial charge in [-0.2, -0.15) is 0 Å². The van der Waals surface area contributed by atoms with Crippen LogP contribution in [0.15, 0.2) is 24.3 Å². The van der Waals surface area contributed by atoms with Gasteiger partial charge in [-0.05, 0) is 12.1 Å². The maximum Gasteiger partial charge on any atom is 0.179 e. The summed E-state index contributed by atoms with van der Waals surface area (Å²) < 4.78 is 18.3. The Morgan fingerprint density at radius 3 is 2.72 bits per heavy atom. The summed E-state index contributed by atoms with van der Waals surface area (Å²) in [4.78, 5) is 13.6. The van der Waals surface area contributed by atoms with Gasteiger partial charge < -0.3 is 9.84 Å². The van der Waals surface area contributed by atoms with Gasteiger partial charge in [0.1, 0.15) is 5.82 Å². The van der Waals surface area contributed by atoms with E-state index >= 15 is 0 Å². The predicted molar refractivity (Wildman–Crippen MR) is 66.1 cm³/mol. The summed E-state index contributed by atoms with van der Waals surface area (Å²) in [6.45, 7) is 1.38. The molecule has 1 aromatic carbocycles. The van der Waals surface area contributed by atoms with Gasteiger partial charge in [0, 0.05) is 20.2 Å². The molecule has 0 aliphatic rings. The third-order valence-corrected chi connectivity index (χ3v) is 2.57. The van der Waals surface area contributed by atoms with Crippen molar-refractivity contribution >= 4 is 5.78 Å². The molecule has 18 heavy (non-hydrogen) atoms. The van der Waals surface area contributed by atoms with Gasteiger partial charge in [-0.25, -0.2) is 4.39 Å². The lowest BCUT2D eigenvalue weighted by atomic mass is 10.1. The molecule has 0 bridgehead atoms. The van der Waals surface area contributed by atoms with E-state index in [9.17, 15) is 9.18 Å². The fourth-order valence-electron chi connectivity index (χ4n) is 1.61. The maximum absolute atomic E-state index is 13.4. The molecule has 0 heterocycles. The second-order valence-corrected chi connectivity index (χ2v) is 3.90. The van der Waals surface area contributed by atoms with Gasteiger partial charge in [-0.1, -0.05) is 12.1 Å². The Bertz CT molecular complexity index is 384. The Morgan fingerprint density at radius 2 is 2.11 bits per heavy atom. The Balaban J connectivity index is 2.63. The monoisotopic (exact) mass is 255 g/mol. The number of aliphatic hydroxyl groups is 1. The number of aliphatic hydroxyl groups excluding tert-OH is 1. The number of carbonyl (C=O) groups is 1. The van der Waals surface area contributed by atoms with Gasteiger partial charge in [-0.15, -0.1) is 0 Å². The van der Waals surface area contributed by atoms with E-state index in [4.69, 9.17) is 9.84 Å². The van der Waals surface area contributed by atoms with Crippen molar-refractivity contribution in [3.8, 4) is 0 Å². The molecule has 0 amide bonds. The van der Waals surface area contributed by atoms with Crippen LogP contribution in [0.3, 0.4) is 0 Å². The highest BCUT2D eigenvalue weighted by Crippen LogP contribution is 2.08. The summed E-state index contributed by atoms with van der Waals surface area (Å²) in [5.74, 6) is -0.809. The molecule has 100 valence electrons. The van der Waals surface area contributed by atoms with Crippen LogP contribution in [0.5, 0.6) is 0 Å². The van der Waals surface area contributed by atoms with E-state index in [0.717, 1.165) is 0 Å². The molecular formula is C13H18FNO3. The van der Waals surface area contributed by atoms with Crippen molar-refractivity contribution in [1.29, 1.82) is 0 Å². The molecule has 1 N–H and O–H groups in total. The van der Waals surface area contributed by atoms with Crippen molar-refractivity contribution < 1.29 is 19.0 Å². The zero-order valence-electron chi connectivity index (χ0n) is 10.4. The number of rotatable bonds is 8. The highest BCUT2D eigenvalue weighted by molar-refractivity contribution is 5.97. The van der Waals surface area contributed by atoms with Crippen LogP contribution >= 0.6 is 0 Å². The number of ether oxygens (including phenoxy) is 1. The van der Waals surface area contributed by atoms with Gasteiger partial charge >= 0.3 is 0 Å². The molecule has 0 radical (unpaired) electrons. The number of methoxy groups -OCH3 is 1. The highest BCUT2D eigenvalue weighted by Gasteiger charge is 2.15. The van der Waals surface area contributed by atoms with Gasteiger partial charge in [-0.3, -0.25) is 9.69 Å². The van der Waals surface area contributed by atoms with Crippen LogP contribution in [0.4, 0.5) is 4.39 Å². The lowest BCUT2D eigenvalue weighted by Crippen LogP contribution is -2.35. The van der Waals surface area contributed by atoms with Gasteiger partial charge in [0.15, 0.2) is 5.78 Å². The summed E-state index contributed by atoms with van der Waals surface area (Å²) in [5.41, 5.74) is 0.0813. The van der Waals surface area contributed by atoms with E-state index in [2.05, 4.69) is 0 Å². The smallest absolute Gasteiger partial charge is 0.179 e. The zero-order valence-corrected chi connectivity index (χ0v) is 10.4. The van der Waals surface area contributed by atoms with Crippen LogP contribution in [-0.4, -0.2) is 55.7 Å². The first-order valence-electron chi connectivity index (χ1n) is 5.79. The molecular weight excluding hydrogens is 237 g/mol. The molecule has 0 aromatic heterocycles. The second kappa shape index (κ2) is 7.92. The molecule has 1 rings (SSSR count). The minimum absolute atomic E-state index is 0.0474. The molecule has 0 fully saturated rings. The van der Waals surface area contributed by atoms with Gasteiger partial charge in [0.25, 0.3) is 0 Å². The number of halogens is 1. The SMILES string of the molecule is COCCN(CCO)CC(=O)c1ccccc1F. The topological polar surface area (TPSA) is 49.8 Å². The molecule has 5 heteroatoms. The van der Waals surface area contributed by atoms with E-state index in [1.807, 2.05) is 0 Å². The minimum Gasteiger partial charge on any atom is -0.395 e. The van der Waals surface area contributed by atoms with E-state index in [1.54, 1.807) is 24.1 Å². The number of Topliss-reactive ketones (excluding diaryl/α,β-unsaturated/α-hetero) is 1. The Kier molecular flexibility index (Phi) is 6.49. The predicted octanol–water partition coefficient (Wildman–Crippen LogP) is 0.949. The van der Waals surface area contributed by atoms with Crippen molar-refractivity contribution in [3.63, 3.8) is 0 Å². The number of hydrogen-bond acceptors (Lipinski definition) is 4. The Morgan fingerprint density at radius 1 is 1.39 bits per heavy atom. The second-order valence-electron chi connectivity index (χ2n) is 3.90. The average molecular weight is 255 g/mol. The molecule has 0 unspecified atom stereocenters. The Labute approximate surface area is 106 Å². The standard InChI is InChI=1S/C13H18FNO3/c1-18-9-7-15(6-8-16)10-13(17)11-4-2-3-5-12(11)14/h2-5,16H,6-10H2,1H3. The average Bonchev–Trinajstić information content (AvgIpc) is 2.36. The zero-order chi connectivity index (χ0) is 13.4. The van der Waals surface area contributed by atoms with E-state index in [-0.39, 0.29) is 24.5 Å². The van der Waals surface area contributed by atoms with Crippen LogP contribution in [0.2, 0.25) is 0 Å². The van der Waals surface area contributed by atoms with E-state index < -0.39 is 5.82 Å². The summed E-state index contributed by atoms with van der Waals surface area (Å²) in [6, 6.07) is 5.90. The fraction of sp³-hybridized carbons (Fsp3) is 0.462. The van der Waals surface area contributed by atoms with Crippen molar-refractivity contribution in [2.75, 3.05) is 40.0 Å². The first kappa shape index (κ1) is 14.8. The number of hydrogen-bond donors (Lipinski definition) is 1. The summed E-state index contributed by atoms with van der Waals surface area (Å²) in [5, 5.41) is 8.91. The highest BCUT2D eigenvalue weighted by atomic mass is 19.1. The molecule has 0 aliphatic carbocycles. The summed E-state index contributed by atoms with van der Waals surface area (Å²) in [7, 11) is 1.57. The Hall–Kier alpha value is -1.30. The summed E-state index contributed by atoms with van der Waals surface area (Å²) >= 11 is 0. The van der Waals surface area contributed by atoms with Crippen molar-refractivity contribution in [1.82, 2.24) is 4.90 Å². The van der Waals surface area contributed by atoms with Crippen molar-refractivity contribution in [3.05, 3.63) is 35.6 Å². The lowest BCUT2D eigenvalue weighted by Gasteiger charge is -2.19. The number of nitrogens with zero attached hydrogens (tertiary/aromatic N) is 1. The van der Waals surface area contributed by atoms with Crippen LogP contribution in [0.25, 0.3) is 0 Å². The number of ketones is 1. The number of benzene rings is 1. The van der Waals surface area contributed by atoms with Gasteiger partial charge in [0.2, 0.25) is 0 Å². The van der Waals surface area contributed by atoms with E-state index in [0.29, 0.717) is 19.7 Å². The molecule has 0 atom stereocenters. The van der Waals surface area contributed by atoms with Crippen LogP contribution in [0, 0.1) is 5.82 Å². The van der Waals surface area contributed by atoms with Crippen LogP contribution < -0.4 is 0 Å². The normalized spacial score (nSPS) is 10.9. The quantitative estimate of drug-likeness (QED) is 0.703. The van der Waals surface area contributed by atoms with Crippen molar-refractivity contribution in [2.45, 2.75) is 0 Å². The minimum atomic E-state index is -0.516. The molecule has 0 spiro atoms. The molecule has 0 saturated carbocycles. The third kappa shape index (κ3) is 4.52. The molecule has 0 aliphatic heterocycles. The van der Waals surface area contributed by atoms with Gasteiger partial charge in [0.05, 0.1) is 25.3 Å². The first-order valence-corrected chi connectivity index (χ1v) is 5.79. The lowest BCUT2D eigenvalue weighted by molar-refractivity contribution is 0.0865. The van der Waals surface area contributed by atoms with E-state index in [1.165, 1.54) is 12.1 Å². The third-order valence-electron chi connectivity index (χ3n) is 2.57. The fourth-order valence-corrected chi connectivity index (χ4v) is 1.61. The van der Waals surface area contributed by atoms with Crippen LogP contribution in [0.1, 0.15) is 10.4 Å². The summed E-state index contributed by atoms with van der Waals surface area (Å²) in [6.07, 6.45) is 0.